The molecular formula is C26H29NO8. The largest absolute Gasteiger partial charge is 0.507 e. The van der Waals surface area contributed by atoms with E-state index >= 15 is 0 Å². The Labute approximate surface area is 203 Å². The number of benzene rings is 2. The van der Waals surface area contributed by atoms with Crippen LogP contribution in [-0.2, 0) is 14.3 Å². The molecule has 2 aromatic rings. The lowest BCUT2D eigenvalue weighted by Gasteiger charge is -2.26. The van der Waals surface area contributed by atoms with Crippen molar-refractivity contribution >= 4 is 17.4 Å². The molecule has 0 radical (unpaired) electrons. The van der Waals surface area contributed by atoms with Crippen molar-refractivity contribution in [1.29, 1.82) is 0 Å². The number of methoxy groups -OCH3 is 1. The van der Waals surface area contributed by atoms with Crippen molar-refractivity contribution in [2.75, 3.05) is 46.7 Å². The molecule has 2 aliphatic rings. The number of carbonyl (C=O) groups is 2. The third kappa shape index (κ3) is 4.77. The minimum absolute atomic E-state index is 0.0191. The lowest BCUT2D eigenvalue weighted by Crippen LogP contribution is -2.32. The molecule has 2 aromatic carbocycles. The highest BCUT2D eigenvalue weighted by Crippen LogP contribution is 2.43. The van der Waals surface area contributed by atoms with Gasteiger partial charge in [-0.1, -0.05) is 6.07 Å². The van der Waals surface area contributed by atoms with Gasteiger partial charge in [0.1, 0.15) is 19.0 Å². The van der Waals surface area contributed by atoms with Crippen LogP contribution in [0.25, 0.3) is 5.76 Å². The maximum Gasteiger partial charge on any atom is 0.295 e. The molecule has 1 fully saturated rings. The van der Waals surface area contributed by atoms with E-state index in [1.807, 2.05) is 13.8 Å². The Bertz CT molecular complexity index is 1140. The molecule has 1 atom stereocenters. The van der Waals surface area contributed by atoms with E-state index in [0.717, 1.165) is 0 Å². The van der Waals surface area contributed by atoms with Gasteiger partial charge in [0.25, 0.3) is 11.7 Å². The quantitative estimate of drug-likeness (QED) is 0.329. The molecule has 1 N–H and O–H groups in total. The summed E-state index contributed by atoms with van der Waals surface area (Å²) in [5.41, 5.74) is 0.931. The molecule has 2 heterocycles. The van der Waals surface area contributed by atoms with Crippen molar-refractivity contribution in [3.05, 3.63) is 53.1 Å². The Morgan fingerprint density at radius 3 is 2.43 bits per heavy atom. The maximum absolute atomic E-state index is 13.2. The Morgan fingerprint density at radius 1 is 1.00 bits per heavy atom. The summed E-state index contributed by atoms with van der Waals surface area (Å²) in [5, 5.41) is 11.3. The number of fused-ring (bicyclic) bond motifs is 1. The van der Waals surface area contributed by atoms with Crippen LogP contribution in [0.3, 0.4) is 0 Å². The molecule has 0 spiro atoms. The second kappa shape index (κ2) is 10.7. The zero-order chi connectivity index (χ0) is 24.9. The number of amides is 1. The van der Waals surface area contributed by atoms with E-state index in [0.29, 0.717) is 60.6 Å². The fraction of sp³-hybridized carbons (Fsp3) is 0.385. The standard InChI is InChI=1S/C26H29NO8/c1-4-32-18-8-6-16(14-20(18)33-5-2)23-22(25(29)26(30)27(23)10-11-31-3)24(28)17-7-9-19-21(15-17)35-13-12-34-19/h6-9,14-15,23,28H,4-5,10-13H2,1-3H3/t23-/m0/s1. The molecule has 0 bridgehead atoms. The molecule has 35 heavy (non-hydrogen) atoms. The zero-order valence-electron chi connectivity index (χ0n) is 20.0. The van der Waals surface area contributed by atoms with Crippen LogP contribution in [0.1, 0.15) is 31.0 Å². The van der Waals surface area contributed by atoms with Crippen molar-refractivity contribution in [3.63, 3.8) is 0 Å². The SMILES string of the molecule is CCOc1ccc([C@H]2C(=C(O)c3ccc4c(c3)OCCO4)C(=O)C(=O)N2CCOC)cc1OCC. The number of hydrogen-bond acceptors (Lipinski definition) is 8. The monoisotopic (exact) mass is 483 g/mol. The van der Waals surface area contributed by atoms with Gasteiger partial charge in [-0.2, -0.15) is 0 Å². The van der Waals surface area contributed by atoms with E-state index < -0.39 is 17.7 Å². The van der Waals surface area contributed by atoms with Crippen molar-refractivity contribution < 1.29 is 38.4 Å². The number of aliphatic hydroxyl groups is 1. The van der Waals surface area contributed by atoms with Crippen molar-refractivity contribution in [2.24, 2.45) is 0 Å². The van der Waals surface area contributed by atoms with Crippen LogP contribution < -0.4 is 18.9 Å². The van der Waals surface area contributed by atoms with Gasteiger partial charge in [0.05, 0.1) is 31.4 Å². The van der Waals surface area contributed by atoms with Crippen molar-refractivity contribution in [1.82, 2.24) is 4.90 Å². The van der Waals surface area contributed by atoms with Gasteiger partial charge in [0.2, 0.25) is 0 Å². The highest BCUT2D eigenvalue weighted by molar-refractivity contribution is 6.46. The molecule has 1 saturated heterocycles. The molecule has 1 amide bonds. The summed E-state index contributed by atoms with van der Waals surface area (Å²) in [6.45, 7) is 5.80. The van der Waals surface area contributed by atoms with Gasteiger partial charge in [-0.25, -0.2) is 0 Å². The number of rotatable bonds is 9. The summed E-state index contributed by atoms with van der Waals surface area (Å²) in [4.78, 5) is 27.6. The maximum atomic E-state index is 13.2. The van der Waals surface area contributed by atoms with Crippen LogP contribution in [0.15, 0.2) is 42.0 Å². The number of ketones is 1. The first-order chi connectivity index (χ1) is 17.0. The highest BCUT2D eigenvalue weighted by atomic mass is 16.6. The van der Waals surface area contributed by atoms with Crippen molar-refractivity contribution in [3.8, 4) is 23.0 Å². The molecule has 4 rings (SSSR count). The molecular weight excluding hydrogens is 454 g/mol. The Balaban J connectivity index is 1.84. The Morgan fingerprint density at radius 2 is 1.71 bits per heavy atom. The van der Waals surface area contributed by atoms with Gasteiger partial charge >= 0.3 is 0 Å². The lowest BCUT2D eigenvalue weighted by molar-refractivity contribution is -0.140. The first-order valence-corrected chi connectivity index (χ1v) is 11.6. The Hall–Kier alpha value is -3.72. The number of ether oxygens (including phenoxy) is 5. The normalized spacial score (nSPS) is 18.6. The molecule has 0 aromatic heterocycles. The van der Waals surface area contributed by atoms with Gasteiger partial charge in [-0.05, 0) is 49.7 Å². The van der Waals surface area contributed by atoms with Gasteiger partial charge in [0, 0.05) is 19.2 Å². The smallest absolute Gasteiger partial charge is 0.295 e. The first-order valence-electron chi connectivity index (χ1n) is 11.6. The number of aliphatic hydroxyl groups excluding tert-OH is 1. The van der Waals surface area contributed by atoms with E-state index in [-0.39, 0.29) is 24.5 Å². The third-order valence-electron chi connectivity index (χ3n) is 5.78. The van der Waals surface area contributed by atoms with Gasteiger partial charge < -0.3 is 33.7 Å². The summed E-state index contributed by atoms with van der Waals surface area (Å²) in [5.74, 6) is 0.283. The van der Waals surface area contributed by atoms with E-state index in [1.54, 1.807) is 36.4 Å². The summed E-state index contributed by atoms with van der Waals surface area (Å²) in [6.07, 6.45) is 0. The minimum atomic E-state index is -0.840. The van der Waals surface area contributed by atoms with Crippen molar-refractivity contribution in [2.45, 2.75) is 19.9 Å². The van der Waals surface area contributed by atoms with Crippen LogP contribution in [0, 0.1) is 0 Å². The average molecular weight is 484 g/mol. The minimum Gasteiger partial charge on any atom is -0.507 e. The number of nitrogens with zero attached hydrogens (tertiary/aromatic N) is 1. The second-order valence-corrected chi connectivity index (χ2v) is 7.92. The van der Waals surface area contributed by atoms with Crippen LogP contribution in [-0.4, -0.2) is 68.4 Å². The van der Waals surface area contributed by atoms with Crippen LogP contribution in [0.2, 0.25) is 0 Å². The molecule has 9 nitrogen and oxygen atoms in total. The summed E-state index contributed by atoms with van der Waals surface area (Å²) < 4.78 is 27.8. The van der Waals surface area contributed by atoms with E-state index in [9.17, 15) is 14.7 Å². The fourth-order valence-electron chi connectivity index (χ4n) is 4.23. The molecule has 0 aliphatic carbocycles. The summed E-state index contributed by atoms with van der Waals surface area (Å²) >= 11 is 0. The number of carbonyl (C=O) groups excluding carboxylic acids is 2. The zero-order valence-corrected chi connectivity index (χ0v) is 20.0. The van der Waals surface area contributed by atoms with E-state index in [1.165, 1.54) is 12.0 Å². The highest BCUT2D eigenvalue weighted by Gasteiger charge is 2.46. The lowest BCUT2D eigenvalue weighted by atomic mass is 9.94. The molecule has 2 aliphatic heterocycles. The predicted molar refractivity (Wildman–Crippen MR) is 127 cm³/mol. The molecule has 186 valence electrons. The predicted octanol–water partition coefficient (Wildman–Crippen LogP) is 3.32. The second-order valence-electron chi connectivity index (χ2n) is 7.92. The van der Waals surface area contributed by atoms with Gasteiger partial charge in [-0.3, -0.25) is 9.59 Å². The first kappa shape index (κ1) is 24.4. The van der Waals surface area contributed by atoms with Crippen LogP contribution >= 0.6 is 0 Å². The van der Waals surface area contributed by atoms with Gasteiger partial charge in [-0.15, -0.1) is 0 Å². The van der Waals surface area contributed by atoms with Crippen LogP contribution in [0.4, 0.5) is 0 Å². The van der Waals surface area contributed by atoms with Crippen LogP contribution in [0.5, 0.6) is 23.0 Å². The number of likely N-dealkylation sites (tertiary alicyclic amines) is 1. The van der Waals surface area contributed by atoms with E-state index in [4.69, 9.17) is 23.7 Å². The number of Topliss-reactive ketones (excluding diaryl/α,β-unsaturated/α-hetero) is 1. The third-order valence-corrected chi connectivity index (χ3v) is 5.78. The number of hydrogen-bond donors (Lipinski definition) is 1. The molecule has 9 heteroatoms. The van der Waals surface area contributed by atoms with Gasteiger partial charge in [0.15, 0.2) is 23.0 Å². The fourth-order valence-corrected chi connectivity index (χ4v) is 4.23. The van der Waals surface area contributed by atoms with E-state index in [2.05, 4.69) is 0 Å². The average Bonchev–Trinajstić information content (AvgIpc) is 3.13. The molecule has 0 saturated carbocycles. The molecule has 0 unspecified atom stereocenters. The summed E-state index contributed by atoms with van der Waals surface area (Å²) in [6, 6.07) is 9.31. The Kier molecular flexibility index (Phi) is 7.45. The topological polar surface area (TPSA) is 104 Å². The summed E-state index contributed by atoms with van der Waals surface area (Å²) in [7, 11) is 1.52.